The third-order valence-electron chi connectivity index (χ3n) is 4.67. The standard InChI is InChI=1S/C22H19N3O2/c1-15(26)17-7-9-18(10-8-17)19-11-20-22(23-12-19)24-13-21(27)25(20)14-16-5-3-2-4-6-16/h2-12H,13-14H2,1H3,(H,23,24). The van der Waals surface area contributed by atoms with Crippen LogP contribution in [-0.4, -0.2) is 23.2 Å². The predicted molar refractivity (Wildman–Crippen MR) is 106 cm³/mol. The first kappa shape index (κ1) is 17.0. The molecule has 0 unspecified atom stereocenters. The van der Waals surface area contributed by atoms with Crippen molar-refractivity contribution >= 4 is 23.2 Å². The SMILES string of the molecule is CC(=O)c1ccc(-c2cnc3c(c2)N(Cc2ccccc2)C(=O)CN3)cc1. The van der Waals surface area contributed by atoms with Gasteiger partial charge in [-0.2, -0.15) is 0 Å². The highest BCUT2D eigenvalue weighted by Crippen LogP contribution is 2.33. The number of hydrogen-bond acceptors (Lipinski definition) is 4. The van der Waals surface area contributed by atoms with E-state index in [1.165, 1.54) is 0 Å². The van der Waals surface area contributed by atoms with Crippen LogP contribution < -0.4 is 10.2 Å². The molecule has 1 aliphatic rings. The van der Waals surface area contributed by atoms with E-state index in [2.05, 4.69) is 10.3 Å². The van der Waals surface area contributed by atoms with Gasteiger partial charge in [-0.05, 0) is 24.1 Å². The summed E-state index contributed by atoms with van der Waals surface area (Å²) in [6.45, 7) is 2.29. The van der Waals surface area contributed by atoms with Gasteiger partial charge in [0.15, 0.2) is 11.6 Å². The average molecular weight is 357 g/mol. The molecule has 0 atom stereocenters. The Bertz CT molecular complexity index is 998. The summed E-state index contributed by atoms with van der Waals surface area (Å²) in [6.07, 6.45) is 1.78. The summed E-state index contributed by atoms with van der Waals surface area (Å²) in [5, 5.41) is 3.08. The van der Waals surface area contributed by atoms with Crippen molar-refractivity contribution in [1.29, 1.82) is 0 Å². The zero-order chi connectivity index (χ0) is 18.8. The fraction of sp³-hybridized carbons (Fsp3) is 0.136. The number of benzene rings is 2. The number of fused-ring (bicyclic) bond motifs is 1. The molecule has 0 saturated carbocycles. The topological polar surface area (TPSA) is 62.3 Å². The highest BCUT2D eigenvalue weighted by Gasteiger charge is 2.25. The zero-order valence-corrected chi connectivity index (χ0v) is 15.0. The lowest BCUT2D eigenvalue weighted by Gasteiger charge is -2.30. The molecular formula is C22H19N3O2. The molecule has 1 N–H and O–H groups in total. The Morgan fingerprint density at radius 2 is 1.81 bits per heavy atom. The maximum absolute atomic E-state index is 12.5. The summed E-state index contributed by atoms with van der Waals surface area (Å²) in [6, 6.07) is 19.3. The number of carbonyl (C=O) groups is 2. The molecule has 0 spiro atoms. The van der Waals surface area contributed by atoms with Crippen LogP contribution in [-0.2, 0) is 11.3 Å². The number of aromatic nitrogens is 1. The summed E-state index contributed by atoms with van der Waals surface area (Å²) >= 11 is 0. The summed E-state index contributed by atoms with van der Waals surface area (Å²) in [5.41, 5.74) is 4.36. The van der Waals surface area contributed by atoms with Crippen molar-refractivity contribution in [3.8, 4) is 11.1 Å². The van der Waals surface area contributed by atoms with Crippen LogP contribution in [0.2, 0.25) is 0 Å². The van der Waals surface area contributed by atoms with E-state index in [1.807, 2.05) is 60.7 Å². The first-order valence-electron chi connectivity index (χ1n) is 8.81. The van der Waals surface area contributed by atoms with Crippen molar-refractivity contribution in [3.05, 3.63) is 78.0 Å². The number of nitrogens with zero attached hydrogens (tertiary/aromatic N) is 2. The van der Waals surface area contributed by atoms with Crippen molar-refractivity contribution in [3.63, 3.8) is 0 Å². The van der Waals surface area contributed by atoms with E-state index in [4.69, 9.17) is 0 Å². The third-order valence-corrected chi connectivity index (χ3v) is 4.67. The van der Waals surface area contributed by atoms with Crippen LogP contribution in [0.25, 0.3) is 11.1 Å². The minimum Gasteiger partial charge on any atom is -0.359 e. The van der Waals surface area contributed by atoms with E-state index in [0.717, 1.165) is 22.4 Å². The van der Waals surface area contributed by atoms with E-state index in [-0.39, 0.29) is 18.2 Å². The largest absolute Gasteiger partial charge is 0.359 e. The Kier molecular flexibility index (Phi) is 4.42. The van der Waals surface area contributed by atoms with Gasteiger partial charge in [0, 0.05) is 17.3 Å². The van der Waals surface area contributed by atoms with E-state index in [1.54, 1.807) is 18.0 Å². The molecule has 1 aromatic heterocycles. The molecule has 0 bridgehead atoms. The molecule has 1 aliphatic heterocycles. The number of amides is 1. The normalized spacial score (nSPS) is 13.1. The van der Waals surface area contributed by atoms with Crippen LogP contribution >= 0.6 is 0 Å². The van der Waals surface area contributed by atoms with Crippen molar-refractivity contribution in [2.45, 2.75) is 13.5 Å². The summed E-state index contributed by atoms with van der Waals surface area (Å²) in [4.78, 5) is 30.3. The lowest BCUT2D eigenvalue weighted by Crippen LogP contribution is -2.39. The van der Waals surface area contributed by atoms with Crippen LogP contribution in [0, 0.1) is 0 Å². The molecule has 134 valence electrons. The first-order chi connectivity index (χ1) is 13.1. The molecule has 5 nitrogen and oxygen atoms in total. The number of anilines is 2. The highest BCUT2D eigenvalue weighted by molar-refractivity contribution is 6.02. The van der Waals surface area contributed by atoms with Gasteiger partial charge in [0.2, 0.25) is 5.91 Å². The fourth-order valence-electron chi connectivity index (χ4n) is 3.18. The number of nitrogens with one attached hydrogen (secondary N) is 1. The summed E-state index contributed by atoms with van der Waals surface area (Å²) in [5.74, 6) is 0.751. The molecule has 4 rings (SSSR count). The van der Waals surface area contributed by atoms with Crippen LogP contribution in [0.4, 0.5) is 11.5 Å². The highest BCUT2D eigenvalue weighted by atomic mass is 16.2. The van der Waals surface area contributed by atoms with Crippen LogP contribution in [0.5, 0.6) is 0 Å². The molecule has 1 amide bonds. The van der Waals surface area contributed by atoms with Gasteiger partial charge in [0.05, 0.1) is 18.8 Å². The van der Waals surface area contributed by atoms with Gasteiger partial charge in [-0.3, -0.25) is 9.59 Å². The van der Waals surface area contributed by atoms with E-state index in [0.29, 0.717) is 17.9 Å². The monoisotopic (exact) mass is 357 g/mol. The maximum atomic E-state index is 12.5. The number of hydrogen-bond donors (Lipinski definition) is 1. The Balaban J connectivity index is 1.70. The number of Topliss-reactive ketones (excluding diaryl/α,β-unsaturated/α-hetero) is 1. The van der Waals surface area contributed by atoms with Crippen LogP contribution in [0.3, 0.4) is 0 Å². The fourth-order valence-corrected chi connectivity index (χ4v) is 3.18. The number of rotatable bonds is 4. The maximum Gasteiger partial charge on any atom is 0.246 e. The molecule has 2 aromatic carbocycles. The molecular weight excluding hydrogens is 338 g/mol. The predicted octanol–water partition coefficient (Wildman–Crippen LogP) is 3.91. The zero-order valence-electron chi connectivity index (χ0n) is 15.0. The van der Waals surface area contributed by atoms with Crippen LogP contribution in [0.15, 0.2) is 66.9 Å². The second-order valence-corrected chi connectivity index (χ2v) is 6.54. The van der Waals surface area contributed by atoms with Crippen LogP contribution in [0.1, 0.15) is 22.8 Å². The molecule has 5 heteroatoms. The second-order valence-electron chi connectivity index (χ2n) is 6.54. The first-order valence-corrected chi connectivity index (χ1v) is 8.81. The van der Waals surface area contributed by atoms with Gasteiger partial charge < -0.3 is 10.2 Å². The lowest BCUT2D eigenvalue weighted by atomic mass is 10.0. The second kappa shape index (κ2) is 7.03. The Morgan fingerprint density at radius 1 is 1.07 bits per heavy atom. The lowest BCUT2D eigenvalue weighted by molar-refractivity contribution is -0.117. The number of carbonyl (C=O) groups excluding carboxylic acids is 2. The van der Waals surface area contributed by atoms with Crippen molar-refractivity contribution in [1.82, 2.24) is 4.98 Å². The van der Waals surface area contributed by atoms with Gasteiger partial charge in [-0.25, -0.2) is 4.98 Å². The van der Waals surface area contributed by atoms with Gasteiger partial charge in [-0.1, -0.05) is 54.6 Å². The van der Waals surface area contributed by atoms with Gasteiger partial charge >= 0.3 is 0 Å². The Morgan fingerprint density at radius 3 is 2.52 bits per heavy atom. The quantitative estimate of drug-likeness (QED) is 0.719. The minimum absolute atomic E-state index is 0.0113. The average Bonchev–Trinajstić information content (AvgIpc) is 2.71. The molecule has 0 aliphatic carbocycles. The van der Waals surface area contributed by atoms with Gasteiger partial charge in [-0.15, -0.1) is 0 Å². The third kappa shape index (κ3) is 3.44. The number of ketones is 1. The molecule has 3 aromatic rings. The van der Waals surface area contributed by atoms with E-state index >= 15 is 0 Å². The van der Waals surface area contributed by atoms with E-state index < -0.39 is 0 Å². The van der Waals surface area contributed by atoms with Crippen molar-refractivity contribution < 1.29 is 9.59 Å². The Labute approximate surface area is 157 Å². The number of pyridine rings is 1. The molecule has 0 radical (unpaired) electrons. The van der Waals surface area contributed by atoms with Gasteiger partial charge in [0.25, 0.3) is 0 Å². The molecule has 0 saturated heterocycles. The summed E-state index contributed by atoms with van der Waals surface area (Å²) < 4.78 is 0. The summed E-state index contributed by atoms with van der Waals surface area (Å²) in [7, 11) is 0. The molecule has 0 fully saturated rings. The van der Waals surface area contributed by atoms with Crippen molar-refractivity contribution in [2.75, 3.05) is 16.8 Å². The smallest absolute Gasteiger partial charge is 0.246 e. The van der Waals surface area contributed by atoms with Gasteiger partial charge in [0.1, 0.15) is 0 Å². The van der Waals surface area contributed by atoms with Crippen molar-refractivity contribution in [2.24, 2.45) is 0 Å². The Hall–Kier alpha value is -3.47. The minimum atomic E-state index is 0.0113. The molecule has 27 heavy (non-hydrogen) atoms. The molecule has 2 heterocycles. The van der Waals surface area contributed by atoms with E-state index in [9.17, 15) is 9.59 Å².